The van der Waals surface area contributed by atoms with Gasteiger partial charge in [-0.3, -0.25) is 14.4 Å². The van der Waals surface area contributed by atoms with Crippen LogP contribution in [0.25, 0.3) is 5.76 Å². The van der Waals surface area contributed by atoms with Crippen LogP contribution < -0.4 is 11.5 Å². The third-order valence-electron chi connectivity index (χ3n) is 7.27. The Morgan fingerprint density at radius 3 is 2.41 bits per heavy atom. The Balaban J connectivity index is 2.27. The lowest BCUT2D eigenvalue weighted by molar-refractivity contribution is -0.163. The van der Waals surface area contributed by atoms with Gasteiger partial charge in [0.2, 0.25) is 11.7 Å². The van der Waals surface area contributed by atoms with E-state index in [0.29, 0.717) is 17.5 Å². The molecule has 34 heavy (non-hydrogen) atoms. The van der Waals surface area contributed by atoms with Crippen LogP contribution in [-0.2, 0) is 33.8 Å². The van der Waals surface area contributed by atoms with Gasteiger partial charge < -0.3 is 36.8 Å². The van der Waals surface area contributed by atoms with E-state index in [1.165, 1.54) is 0 Å². The van der Waals surface area contributed by atoms with Crippen molar-refractivity contribution in [3.63, 3.8) is 0 Å². The van der Waals surface area contributed by atoms with Crippen molar-refractivity contribution < 1.29 is 34.8 Å². The van der Waals surface area contributed by atoms with E-state index in [1.807, 2.05) is 6.92 Å². The van der Waals surface area contributed by atoms with Gasteiger partial charge in [-0.15, -0.1) is 0 Å². The van der Waals surface area contributed by atoms with Gasteiger partial charge >= 0.3 is 0 Å². The van der Waals surface area contributed by atoms with E-state index >= 15 is 0 Å². The van der Waals surface area contributed by atoms with Crippen molar-refractivity contribution in [1.82, 2.24) is 4.90 Å². The number of hydrogen-bond acceptors (Lipinski definition) is 9. The largest absolute Gasteiger partial charge is 0.507 e. The molecule has 0 bridgehead atoms. The van der Waals surface area contributed by atoms with E-state index in [-0.39, 0.29) is 36.3 Å². The Morgan fingerprint density at radius 2 is 1.91 bits per heavy atom. The number of fused-ring (bicyclic) bond motifs is 2. The zero-order valence-electron chi connectivity index (χ0n) is 19.7. The highest BCUT2D eigenvalue weighted by molar-refractivity contribution is 6.23. The third kappa shape index (κ3) is 3.90. The molecule has 0 saturated heterocycles. The maximum absolute atomic E-state index is 13.8. The predicted molar refractivity (Wildman–Crippen MR) is 124 cm³/mol. The summed E-state index contributed by atoms with van der Waals surface area (Å²) >= 11 is 0. The molecule has 0 radical (unpaired) electrons. The Labute approximate surface area is 197 Å². The molecule has 0 spiro atoms. The molecule has 2 aliphatic carbocycles. The zero-order chi connectivity index (χ0) is 25.5. The molecular weight excluding hydrogens is 442 g/mol. The van der Waals surface area contributed by atoms with Crippen LogP contribution in [0, 0.1) is 11.8 Å². The number of hydrogen-bond donors (Lipinski definition) is 6. The predicted octanol–water partition coefficient (Wildman–Crippen LogP) is -0.458. The van der Waals surface area contributed by atoms with Crippen LogP contribution in [0.15, 0.2) is 11.6 Å². The van der Waals surface area contributed by atoms with E-state index in [2.05, 4.69) is 0 Å². The minimum absolute atomic E-state index is 0.0101. The third-order valence-corrected chi connectivity index (χ3v) is 7.27. The number of aromatic hydroxyl groups is 1. The molecular formula is C24H33N3O7. The molecule has 1 aromatic carbocycles. The summed E-state index contributed by atoms with van der Waals surface area (Å²) in [7, 11) is 3.29. The monoisotopic (exact) mass is 475 g/mol. The number of rotatable bonds is 8. The molecule has 186 valence electrons. The minimum atomic E-state index is -2.68. The molecule has 0 aliphatic heterocycles. The summed E-state index contributed by atoms with van der Waals surface area (Å²) in [5.41, 5.74) is 10.1. The standard InChI is InChI=1S/C24H33N3O7/c1-4-11-5-13(9-25)21(31)20-14(11)6-12-7-15(16(10-28)27(2)3)24(34,17(29)8-18(26)30)23(33)19(12)22(20)32/h5,12,15-16,28,31-32,34H,4,6-10,25H2,1-3H3,(H2,26,30)/t12-,15-,16?,24+/m0/s1. The number of nitrogens with two attached hydrogens (primary N) is 2. The first-order valence-corrected chi connectivity index (χ1v) is 11.3. The Kier molecular flexibility index (Phi) is 7.18. The Hall–Kier alpha value is -2.79. The SMILES string of the molecule is CCc1cc(CN)c(O)c2c1C[C@H]1C[C@@H](C(CO)N(C)C)[C@@](O)(C(=O)CC(N)=O)C(=O)C1=C2O. The summed E-state index contributed by atoms with van der Waals surface area (Å²) < 4.78 is 0. The second kappa shape index (κ2) is 9.46. The lowest BCUT2D eigenvalue weighted by Gasteiger charge is -2.47. The zero-order valence-corrected chi connectivity index (χ0v) is 19.7. The maximum Gasteiger partial charge on any atom is 0.225 e. The number of amides is 1. The summed E-state index contributed by atoms with van der Waals surface area (Å²) in [6.45, 7) is 1.48. The summed E-state index contributed by atoms with van der Waals surface area (Å²) in [6.07, 6.45) is 0.0875. The normalized spacial score (nSPS) is 25.2. The van der Waals surface area contributed by atoms with Crippen molar-refractivity contribution in [2.75, 3.05) is 20.7 Å². The minimum Gasteiger partial charge on any atom is -0.507 e. The second-order valence-electron chi connectivity index (χ2n) is 9.34. The molecule has 1 unspecified atom stereocenters. The fourth-order valence-corrected chi connectivity index (χ4v) is 5.52. The first kappa shape index (κ1) is 25.8. The fourth-order valence-electron chi connectivity index (χ4n) is 5.52. The molecule has 1 saturated carbocycles. The van der Waals surface area contributed by atoms with Gasteiger partial charge in [-0.2, -0.15) is 0 Å². The van der Waals surface area contributed by atoms with Crippen LogP contribution in [0.2, 0.25) is 0 Å². The molecule has 10 nitrogen and oxygen atoms in total. The van der Waals surface area contributed by atoms with Gasteiger partial charge in [-0.05, 0) is 50.4 Å². The highest BCUT2D eigenvalue weighted by Gasteiger charge is 2.60. The molecule has 0 aromatic heterocycles. The average Bonchev–Trinajstić information content (AvgIpc) is 2.76. The number of aryl methyl sites for hydroxylation is 1. The number of benzene rings is 1. The highest BCUT2D eigenvalue weighted by atomic mass is 16.3. The Morgan fingerprint density at radius 1 is 1.26 bits per heavy atom. The van der Waals surface area contributed by atoms with Crippen LogP contribution in [0.5, 0.6) is 5.75 Å². The first-order chi connectivity index (χ1) is 15.9. The van der Waals surface area contributed by atoms with E-state index in [9.17, 15) is 34.8 Å². The summed E-state index contributed by atoms with van der Waals surface area (Å²) in [6, 6.07) is 0.993. The fraction of sp³-hybridized carbons (Fsp3) is 0.542. The number of ketones is 2. The molecule has 0 heterocycles. The first-order valence-electron chi connectivity index (χ1n) is 11.3. The van der Waals surface area contributed by atoms with Gasteiger partial charge in [-0.1, -0.05) is 13.0 Å². The number of aliphatic hydroxyl groups excluding tert-OH is 2. The Bertz CT molecular complexity index is 1070. The lowest BCUT2D eigenvalue weighted by atomic mass is 9.59. The number of carbonyl (C=O) groups is 3. The molecule has 1 fully saturated rings. The van der Waals surface area contributed by atoms with Gasteiger partial charge in [0.25, 0.3) is 0 Å². The van der Waals surface area contributed by atoms with E-state index < -0.39 is 59.7 Å². The van der Waals surface area contributed by atoms with Gasteiger partial charge in [0, 0.05) is 29.6 Å². The number of Topliss-reactive ketones (excluding diaryl/α,β-unsaturated/α-hetero) is 2. The molecule has 1 amide bonds. The van der Waals surface area contributed by atoms with Crippen molar-refractivity contribution in [3.8, 4) is 5.75 Å². The van der Waals surface area contributed by atoms with Crippen molar-refractivity contribution in [2.24, 2.45) is 23.3 Å². The highest BCUT2D eigenvalue weighted by Crippen LogP contribution is 2.50. The topological polar surface area (TPSA) is 187 Å². The molecule has 10 heteroatoms. The van der Waals surface area contributed by atoms with Gasteiger partial charge in [-0.25, -0.2) is 0 Å². The van der Waals surface area contributed by atoms with E-state index in [1.54, 1.807) is 25.1 Å². The number of nitrogens with zero attached hydrogens (tertiary/aromatic N) is 1. The smallest absolute Gasteiger partial charge is 0.225 e. The summed E-state index contributed by atoms with van der Waals surface area (Å²) in [4.78, 5) is 39.9. The number of carbonyl (C=O) groups excluding carboxylic acids is 3. The number of phenols is 1. The van der Waals surface area contributed by atoms with Gasteiger partial charge in [0.1, 0.15) is 11.5 Å². The van der Waals surface area contributed by atoms with Crippen LogP contribution in [0.4, 0.5) is 0 Å². The number of likely N-dealkylation sites (N-methyl/N-ethyl adjacent to an activating group) is 1. The lowest BCUT2D eigenvalue weighted by Crippen LogP contribution is -2.64. The quantitative estimate of drug-likeness (QED) is 0.270. The average molecular weight is 476 g/mol. The number of aliphatic hydroxyl groups is 3. The molecule has 3 rings (SSSR count). The summed E-state index contributed by atoms with van der Waals surface area (Å²) in [5, 5.41) is 43.6. The number of phenolic OH excluding ortho intramolecular Hbond substituents is 1. The van der Waals surface area contributed by atoms with Crippen LogP contribution in [0.1, 0.15) is 42.0 Å². The van der Waals surface area contributed by atoms with Crippen molar-refractivity contribution in [3.05, 3.63) is 33.9 Å². The molecule has 8 N–H and O–H groups in total. The van der Waals surface area contributed by atoms with Crippen molar-refractivity contribution in [1.29, 1.82) is 0 Å². The van der Waals surface area contributed by atoms with Crippen molar-refractivity contribution in [2.45, 2.75) is 50.8 Å². The second-order valence-corrected chi connectivity index (χ2v) is 9.34. The van der Waals surface area contributed by atoms with E-state index in [4.69, 9.17) is 11.5 Å². The maximum atomic E-state index is 13.8. The van der Waals surface area contributed by atoms with Gasteiger partial charge in [0.05, 0.1) is 18.6 Å². The molecule has 4 atom stereocenters. The summed E-state index contributed by atoms with van der Waals surface area (Å²) in [5.74, 6) is -5.53. The molecule has 2 aliphatic rings. The van der Waals surface area contributed by atoms with Crippen LogP contribution in [0.3, 0.4) is 0 Å². The van der Waals surface area contributed by atoms with E-state index in [0.717, 1.165) is 5.56 Å². The number of primary amides is 1. The molecule has 1 aromatic rings. The van der Waals surface area contributed by atoms with Gasteiger partial charge in [0.15, 0.2) is 11.4 Å². The van der Waals surface area contributed by atoms with Crippen molar-refractivity contribution >= 4 is 23.2 Å². The van der Waals surface area contributed by atoms with Crippen LogP contribution >= 0.6 is 0 Å². The van der Waals surface area contributed by atoms with Crippen LogP contribution in [-0.4, -0.2) is 75.1 Å².